The Hall–Kier alpha value is -1.10. The van der Waals surface area contributed by atoms with Crippen molar-refractivity contribution in [2.24, 2.45) is 0 Å². The molecule has 1 N–H and O–H groups in total. The minimum Gasteiger partial charge on any atom is -0.356 e. The second-order valence-electron chi connectivity index (χ2n) is 4.12. The van der Waals surface area contributed by atoms with E-state index in [-0.39, 0.29) is 18.0 Å². The summed E-state index contributed by atoms with van der Waals surface area (Å²) < 4.78 is 5.49. The molecule has 2 saturated heterocycles. The van der Waals surface area contributed by atoms with E-state index >= 15 is 0 Å². The van der Waals surface area contributed by atoms with E-state index in [0.717, 1.165) is 6.42 Å². The molecule has 2 heterocycles. The molecule has 0 aromatic rings. The summed E-state index contributed by atoms with van der Waals surface area (Å²) in [5.41, 5.74) is -0.527. The standard InChI is InChI=1S/C9H14N2O3/c1-9(2)11-6(3-4-14-9)7(8(11)13)10-5-12/h5-7H,3-4H2,1-2H3,(H,10,12)/t6-,7-/m1/s1. The SMILES string of the molecule is CC1(C)OCC[C@@H]2[C@@H](NC=O)C(=O)N21. The molecule has 2 fully saturated rings. The molecule has 0 bridgehead atoms. The lowest BCUT2D eigenvalue weighted by Gasteiger charge is -2.57. The molecule has 14 heavy (non-hydrogen) atoms. The van der Waals surface area contributed by atoms with Crippen LogP contribution in [0.2, 0.25) is 0 Å². The molecule has 2 atom stereocenters. The number of ether oxygens (including phenoxy) is 1. The predicted octanol–water partition coefficient (Wildman–Crippen LogP) is -0.532. The van der Waals surface area contributed by atoms with Crippen molar-refractivity contribution in [1.82, 2.24) is 10.2 Å². The first-order valence-electron chi connectivity index (χ1n) is 4.75. The van der Waals surface area contributed by atoms with Gasteiger partial charge in [0, 0.05) is 0 Å². The van der Waals surface area contributed by atoms with Gasteiger partial charge in [-0.15, -0.1) is 0 Å². The van der Waals surface area contributed by atoms with Gasteiger partial charge in [0.15, 0.2) is 0 Å². The van der Waals surface area contributed by atoms with Gasteiger partial charge in [0.1, 0.15) is 11.8 Å². The van der Waals surface area contributed by atoms with Gasteiger partial charge in [-0.25, -0.2) is 0 Å². The van der Waals surface area contributed by atoms with Gasteiger partial charge < -0.3 is 15.0 Å². The van der Waals surface area contributed by atoms with Crippen molar-refractivity contribution in [3.05, 3.63) is 0 Å². The highest BCUT2D eigenvalue weighted by Gasteiger charge is 2.55. The summed E-state index contributed by atoms with van der Waals surface area (Å²) in [6.45, 7) is 4.38. The largest absolute Gasteiger partial charge is 0.356 e. The van der Waals surface area contributed by atoms with Gasteiger partial charge in [0.25, 0.3) is 0 Å². The smallest absolute Gasteiger partial charge is 0.249 e. The van der Waals surface area contributed by atoms with Gasteiger partial charge in [-0.1, -0.05) is 0 Å². The highest BCUT2D eigenvalue weighted by molar-refractivity contribution is 5.91. The minimum atomic E-state index is -0.527. The molecule has 5 nitrogen and oxygen atoms in total. The minimum absolute atomic E-state index is 0.0493. The van der Waals surface area contributed by atoms with Gasteiger partial charge in [0.2, 0.25) is 12.3 Å². The molecule has 0 unspecified atom stereocenters. The first kappa shape index (κ1) is 9.45. The number of rotatable bonds is 2. The van der Waals surface area contributed by atoms with E-state index in [0.29, 0.717) is 13.0 Å². The molecule has 2 amide bonds. The highest BCUT2D eigenvalue weighted by Crippen LogP contribution is 2.35. The Labute approximate surface area is 82.4 Å². The van der Waals surface area contributed by atoms with E-state index in [4.69, 9.17) is 4.74 Å². The molecule has 0 aromatic heterocycles. The van der Waals surface area contributed by atoms with Crippen LogP contribution < -0.4 is 5.32 Å². The van der Waals surface area contributed by atoms with E-state index < -0.39 is 5.72 Å². The quantitative estimate of drug-likeness (QED) is 0.479. The van der Waals surface area contributed by atoms with Crippen molar-refractivity contribution in [3.8, 4) is 0 Å². The van der Waals surface area contributed by atoms with Gasteiger partial charge in [-0.2, -0.15) is 0 Å². The number of nitrogens with zero attached hydrogens (tertiary/aromatic N) is 1. The van der Waals surface area contributed by atoms with E-state index in [9.17, 15) is 9.59 Å². The molecule has 2 aliphatic rings. The van der Waals surface area contributed by atoms with Crippen LogP contribution in [0, 0.1) is 0 Å². The van der Waals surface area contributed by atoms with Crippen molar-refractivity contribution in [1.29, 1.82) is 0 Å². The average molecular weight is 198 g/mol. The Bertz CT molecular complexity index is 277. The van der Waals surface area contributed by atoms with Crippen LogP contribution in [0.3, 0.4) is 0 Å². The number of carbonyl (C=O) groups is 2. The first-order valence-corrected chi connectivity index (χ1v) is 4.75. The topological polar surface area (TPSA) is 58.6 Å². The zero-order valence-electron chi connectivity index (χ0n) is 8.32. The van der Waals surface area contributed by atoms with Crippen molar-refractivity contribution < 1.29 is 14.3 Å². The summed E-state index contributed by atoms with van der Waals surface area (Å²) in [5, 5.41) is 2.54. The zero-order chi connectivity index (χ0) is 10.3. The monoisotopic (exact) mass is 198 g/mol. The maximum Gasteiger partial charge on any atom is 0.249 e. The lowest BCUT2D eigenvalue weighted by Crippen LogP contribution is -2.77. The maximum absolute atomic E-state index is 11.6. The first-order chi connectivity index (χ1) is 6.58. The summed E-state index contributed by atoms with van der Waals surface area (Å²) in [6, 6.07) is -0.230. The van der Waals surface area contributed by atoms with E-state index in [1.54, 1.807) is 4.90 Å². The molecule has 0 radical (unpaired) electrons. The van der Waals surface area contributed by atoms with Crippen LogP contribution in [0.5, 0.6) is 0 Å². The lowest BCUT2D eigenvalue weighted by atomic mass is 9.88. The fourth-order valence-electron chi connectivity index (χ4n) is 2.26. The normalized spacial score (nSPS) is 34.4. The Kier molecular flexibility index (Phi) is 1.99. The number of hydrogen-bond acceptors (Lipinski definition) is 3. The van der Waals surface area contributed by atoms with Crippen LogP contribution in [-0.4, -0.2) is 41.6 Å². The van der Waals surface area contributed by atoms with Crippen LogP contribution in [0.15, 0.2) is 0 Å². The van der Waals surface area contributed by atoms with Gasteiger partial charge >= 0.3 is 0 Å². The zero-order valence-corrected chi connectivity index (χ0v) is 8.32. The summed E-state index contributed by atoms with van der Waals surface area (Å²) >= 11 is 0. The molecule has 2 aliphatic heterocycles. The summed E-state index contributed by atoms with van der Waals surface area (Å²) in [4.78, 5) is 23.6. The van der Waals surface area contributed by atoms with Gasteiger partial charge in [0.05, 0.1) is 12.6 Å². The molecular weight excluding hydrogens is 184 g/mol. The molecule has 0 aliphatic carbocycles. The molecule has 2 rings (SSSR count). The van der Waals surface area contributed by atoms with Crippen molar-refractivity contribution in [2.75, 3.05) is 6.61 Å². The van der Waals surface area contributed by atoms with Crippen LogP contribution in [0.1, 0.15) is 20.3 Å². The fraction of sp³-hybridized carbons (Fsp3) is 0.778. The van der Waals surface area contributed by atoms with E-state index in [1.807, 2.05) is 13.8 Å². The highest BCUT2D eigenvalue weighted by atomic mass is 16.5. The van der Waals surface area contributed by atoms with Crippen LogP contribution in [0.4, 0.5) is 0 Å². The maximum atomic E-state index is 11.6. The van der Waals surface area contributed by atoms with E-state index in [1.165, 1.54) is 0 Å². The molecule has 0 aromatic carbocycles. The Morgan fingerprint density at radius 2 is 2.36 bits per heavy atom. The fourth-order valence-corrected chi connectivity index (χ4v) is 2.26. The van der Waals surface area contributed by atoms with Crippen molar-refractivity contribution in [2.45, 2.75) is 38.1 Å². The van der Waals surface area contributed by atoms with Crippen LogP contribution in [0.25, 0.3) is 0 Å². The molecule has 5 heteroatoms. The predicted molar refractivity (Wildman–Crippen MR) is 48.3 cm³/mol. The van der Waals surface area contributed by atoms with Crippen LogP contribution in [-0.2, 0) is 14.3 Å². The average Bonchev–Trinajstić information content (AvgIpc) is 2.12. The Balaban J connectivity index is 2.13. The van der Waals surface area contributed by atoms with Crippen molar-refractivity contribution >= 4 is 12.3 Å². The number of β-lactam (4-membered cyclic amide) rings is 1. The second kappa shape index (κ2) is 2.95. The van der Waals surface area contributed by atoms with E-state index in [2.05, 4.69) is 5.32 Å². The van der Waals surface area contributed by atoms with Gasteiger partial charge in [-0.3, -0.25) is 9.59 Å². The number of hydrogen-bond donors (Lipinski definition) is 1. The molecule has 78 valence electrons. The third-order valence-corrected chi connectivity index (χ3v) is 2.92. The summed E-state index contributed by atoms with van der Waals surface area (Å²) in [7, 11) is 0. The third kappa shape index (κ3) is 1.12. The second-order valence-corrected chi connectivity index (χ2v) is 4.12. The summed E-state index contributed by atoms with van der Waals surface area (Å²) in [5.74, 6) is -0.0493. The van der Waals surface area contributed by atoms with Crippen LogP contribution >= 0.6 is 0 Å². The number of nitrogens with one attached hydrogen (secondary N) is 1. The number of fused-ring (bicyclic) bond motifs is 1. The third-order valence-electron chi connectivity index (χ3n) is 2.92. The summed E-state index contributed by atoms with van der Waals surface area (Å²) in [6.07, 6.45) is 1.38. The lowest BCUT2D eigenvalue weighted by molar-refractivity contribution is -0.225. The Morgan fingerprint density at radius 1 is 1.64 bits per heavy atom. The number of amides is 2. The van der Waals surface area contributed by atoms with Crippen molar-refractivity contribution in [3.63, 3.8) is 0 Å². The van der Waals surface area contributed by atoms with Gasteiger partial charge in [-0.05, 0) is 20.3 Å². The molecule has 0 spiro atoms. The molecule has 0 saturated carbocycles. The number of carbonyl (C=O) groups excluding carboxylic acids is 2. The molecular formula is C9H14N2O3. The Morgan fingerprint density at radius 3 is 3.00 bits per heavy atom.